The second-order valence-electron chi connectivity index (χ2n) is 4.32. The number of primary amides is 1. The molecule has 2 N–H and O–H groups in total. The van der Waals surface area contributed by atoms with E-state index in [-0.39, 0.29) is 10.9 Å². The summed E-state index contributed by atoms with van der Waals surface area (Å²) >= 11 is 0. The first-order valence-electron chi connectivity index (χ1n) is 6.06. The summed E-state index contributed by atoms with van der Waals surface area (Å²) < 4.78 is 26.1. The quantitative estimate of drug-likeness (QED) is 0.888. The molecule has 1 amide bonds. The molecule has 0 saturated carbocycles. The summed E-state index contributed by atoms with van der Waals surface area (Å²) in [7, 11) is -3.51. The minimum atomic E-state index is -3.51. The average Bonchev–Trinajstić information content (AvgIpc) is 2.88. The Balaban J connectivity index is 2.26. The van der Waals surface area contributed by atoms with Gasteiger partial charge >= 0.3 is 0 Å². The second-order valence-corrected chi connectivity index (χ2v) is 6.20. The van der Waals surface area contributed by atoms with E-state index in [1.807, 2.05) is 6.92 Å². The van der Waals surface area contributed by atoms with Gasteiger partial charge in [0.25, 0.3) is 0 Å². The van der Waals surface area contributed by atoms with Crippen molar-refractivity contribution in [3.8, 4) is 0 Å². The van der Waals surface area contributed by atoms with E-state index in [1.165, 1.54) is 18.3 Å². The summed E-state index contributed by atoms with van der Waals surface area (Å²) in [6, 6.07) is 6.19. The van der Waals surface area contributed by atoms with Gasteiger partial charge in [0, 0.05) is 24.5 Å². The van der Waals surface area contributed by atoms with Crippen LogP contribution in [0.25, 0.3) is 0 Å². The highest BCUT2D eigenvalue weighted by Gasteiger charge is 2.20. The third kappa shape index (κ3) is 2.88. The number of aryl methyl sites for hydroxylation is 1. The van der Waals surface area contributed by atoms with Crippen molar-refractivity contribution in [2.75, 3.05) is 0 Å². The summed E-state index contributed by atoms with van der Waals surface area (Å²) in [6.07, 6.45) is 3.09. The number of imidazole rings is 1. The molecule has 1 heterocycles. The van der Waals surface area contributed by atoms with Crippen LogP contribution in [0, 0.1) is 0 Å². The first kappa shape index (κ1) is 14.3. The lowest BCUT2D eigenvalue weighted by atomic mass is 10.1. The Morgan fingerprint density at radius 2 is 1.95 bits per heavy atom. The van der Waals surface area contributed by atoms with Gasteiger partial charge < -0.3 is 10.3 Å². The van der Waals surface area contributed by atoms with Crippen LogP contribution >= 0.6 is 0 Å². The van der Waals surface area contributed by atoms with E-state index >= 15 is 0 Å². The average molecular weight is 293 g/mol. The standard InChI is InChI=1S/C13H15N3O3S/c1-2-16-8-7-15-13(16)20(18,19)9-10-3-5-11(6-4-10)12(14)17/h3-8H,2,9H2,1H3,(H2,14,17). The van der Waals surface area contributed by atoms with Crippen LogP contribution in [0.5, 0.6) is 0 Å². The molecular weight excluding hydrogens is 278 g/mol. The van der Waals surface area contributed by atoms with Crippen LogP contribution in [0.2, 0.25) is 0 Å². The summed E-state index contributed by atoms with van der Waals surface area (Å²) in [5.74, 6) is -0.704. The Hall–Kier alpha value is -2.15. The number of hydrogen-bond donors (Lipinski definition) is 1. The van der Waals surface area contributed by atoms with Gasteiger partial charge in [-0.25, -0.2) is 13.4 Å². The molecule has 6 nitrogen and oxygen atoms in total. The Bertz CT molecular complexity index is 718. The molecule has 0 bridgehead atoms. The topological polar surface area (TPSA) is 95.1 Å². The lowest BCUT2D eigenvalue weighted by Crippen LogP contribution is -2.13. The Morgan fingerprint density at radius 3 is 2.50 bits per heavy atom. The number of sulfone groups is 1. The SMILES string of the molecule is CCn1ccnc1S(=O)(=O)Cc1ccc(C(N)=O)cc1. The van der Waals surface area contributed by atoms with Gasteiger partial charge in [-0.05, 0) is 24.6 Å². The van der Waals surface area contributed by atoms with Gasteiger partial charge in [-0.15, -0.1) is 0 Å². The van der Waals surface area contributed by atoms with Gasteiger partial charge in [-0.3, -0.25) is 4.79 Å². The monoisotopic (exact) mass is 293 g/mol. The summed E-state index contributed by atoms with van der Waals surface area (Å²) in [5, 5.41) is 0.0546. The molecule has 2 rings (SSSR count). The zero-order valence-electron chi connectivity index (χ0n) is 11.0. The zero-order chi connectivity index (χ0) is 14.8. The molecule has 0 atom stereocenters. The van der Waals surface area contributed by atoms with Crippen molar-refractivity contribution in [3.05, 3.63) is 47.8 Å². The molecule has 1 aromatic carbocycles. The van der Waals surface area contributed by atoms with E-state index in [0.717, 1.165) is 0 Å². The zero-order valence-corrected chi connectivity index (χ0v) is 11.8. The van der Waals surface area contributed by atoms with Crippen molar-refractivity contribution < 1.29 is 13.2 Å². The van der Waals surface area contributed by atoms with Gasteiger partial charge in [0.2, 0.25) is 20.9 Å². The minimum absolute atomic E-state index is 0.0546. The molecule has 1 aromatic heterocycles. The second kappa shape index (κ2) is 5.46. The van der Waals surface area contributed by atoms with Crippen molar-refractivity contribution in [1.82, 2.24) is 9.55 Å². The summed E-state index contributed by atoms with van der Waals surface area (Å²) in [4.78, 5) is 14.9. The Morgan fingerprint density at radius 1 is 1.30 bits per heavy atom. The van der Waals surface area contributed by atoms with Crippen LogP contribution in [0.15, 0.2) is 41.8 Å². The van der Waals surface area contributed by atoms with Crippen LogP contribution in [-0.2, 0) is 22.1 Å². The Labute approximate surface area is 117 Å². The summed E-state index contributed by atoms with van der Waals surface area (Å²) in [5.41, 5.74) is 6.07. The highest BCUT2D eigenvalue weighted by atomic mass is 32.2. The van der Waals surface area contributed by atoms with Crippen molar-refractivity contribution in [3.63, 3.8) is 0 Å². The van der Waals surface area contributed by atoms with Crippen molar-refractivity contribution in [2.24, 2.45) is 5.73 Å². The number of aromatic nitrogens is 2. The molecule has 0 radical (unpaired) electrons. The van der Waals surface area contributed by atoms with Crippen molar-refractivity contribution in [1.29, 1.82) is 0 Å². The highest BCUT2D eigenvalue weighted by Crippen LogP contribution is 2.15. The third-order valence-corrected chi connectivity index (χ3v) is 4.50. The highest BCUT2D eigenvalue weighted by molar-refractivity contribution is 7.90. The maximum Gasteiger partial charge on any atom is 0.248 e. The summed E-state index contributed by atoms with van der Waals surface area (Å²) in [6.45, 7) is 2.39. The number of rotatable bonds is 5. The lowest BCUT2D eigenvalue weighted by molar-refractivity contribution is 0.100. The fourth-order valence-electron chi connectivity index (χ4n) is 1.86. The normalized spacial score (nSPS) is 11.4. The van der Waals surface area contributed by atoms with Crippen LogP contribution in [0.4, 0.5) is 0 Å². The molecular formula is C13H15N3O3S. The molecule has 0 aliphatic heterocycles. The molecule has 20 heavy (non-hydrogen) atoms. The molecule has 106 valence electrons. The van der Waals surface area contributed by atoms with Gasteiger partial charge in [0.05, 0.1) is 5.75 Å². The van der Waals surface area contributed by atoms with E-state index in [2.05, 4.69) is 4.98 Å². The van der Waals surface area contributed by atoms with Crippen LogP contribution < -0.4 is 5.73 Å². The first-order valence-corrected chi connectivity index (χ1v) is 7.72. The number of nitrogens with zero attached hydrogens (tertiary/aromatic N) is 2. The molecule has 0 aliphatic rings. The van der Waals surface area contributed by atoms with E-state index in [4.69, 9.17) is 5.73 Å². The predicted octanol–water partition coefficient (Wildman–Crippen LogP) is 0.976. The van der Waals surface area contributed by atoms with E-state index in [0.29, 0.717) is 17.7 Å². The van der Waals surface area contributed by atoms with Gasteiger partial charge in [0.1, 0.15) is 0 Å². The fourth-order valence-corrected chi connectivity index (χ4v) is 3.39. The lowest BCUT2D eigenvalue weighted by Gasteiger charge is -2.06. The Kier molecular flexibility index (Phi) is 3.89. The van der Waals surface area contributed by atoms with Crippen molar-refractivity contribution >= 4 is 15.7 Å². The van der Waals surface area contributed by atoms with Crippen LogP contribution in [0.1, 0.15) is 22.8 Å². The van der Waals surface area contributed by atoms with E-state index in [9.17, 15) is 13.2 Å². The molecule has 2 aromatic rings. The third-order valence-electron chi connectivity index (χ3n) is 2.89. The maximum atomic E-state index is 12.3. The number of hydrogen-bond acceptors (Lipinski definition) is 4. The molecule has 0 aliphatic carbocycles. The van der Waals surface area contributed by atoms with Gasteiger partial charge in [0.15, 0.2) is 0 Å². The number of nitrogens with two attached hydrogens (primary N) is 1. The maximum absolute atomic E-state index is 12.3. The van der Waals surface area contributed by atoms with Crippen LogP contribution in [-0.4, -0.2) is 23.9 Å². The number of carbonyl (C=O) groups is 1. The molecule has 7 heteroatoms. The fraction of sp³-hybridized carbons (Fsp3) is 0.231. The van der Waals surface area contributed by atoms with Crippen molar-refractivity contribution in [2.45, 2.75) is 24.4 Å². The van der Waals surface area contributed by atoms with Gasteiger partial charge in [-0.2, -0.15) is 0 Å². The number of carbonyl (C=O) groups excluding carboxylic acids is 1. The predicted molar refractivity (Wildman–Crippen MR) is 73.8 cm³/mol. The van der Waals surface area contributed by atoms with E-state index in [1.54, 1.807) is 22.9 Å². The number of benzene rings is 1. The number of amides is 1. The van der Waals surface area contributed by atoms with E-state index < -0.39 is 15.7 Å². The largest absolute Gasteiger partial charge is 0.366 e. The molecule has 0 unspecified atom stereocenters. The smallest absolute Gasteiger partial charge is 0.248 e. The van der Waals surface area contributed by atoms with Gasteiger partial charge in [-0.1, -0.05) is 12.1 Å². The molecule has 0 spiro atoms. The first-order chi connectivity index (χ1) is 9.44. The minimum Gasteiger partial charge on any atom is -0.366 e. The molecule has 0 saturated heterocycles. The molecule has 0 fully saturated rings. The van der Waals surface area contributed by atoms with Crippen LogP contribution in [0.3, 0.4) is 0 Å².